The lowest BCUT2D eigenvalue weighted by molar-refractivity contribution is -0.114. The van der Waals surface area contributed by atoms with Crippen molar-refractivity contribution >= 4 is 11.6 Å². The van der Waals surface area contributed by atoms with E-state index in [-0.39, 0.29) is 5.91 Å². The highest BCUT2D eigenvalue weighted by atomic mass is 16.2. The molecule has 0 radical (unpaired) electrons. The molecule has 0 unspecified atom stereocenters. The number of hydrogen-bond acceptors (Lipinski definition) is 3. The smallest absolute Gasteiger partial charge is 0.271 e. The quantitative estimate of drug-likeness (QED) is 0.811. The summed E-state index contributed by atoms with van der Waals surface area (Å²) in [7, 11) is 0. The van der Waals surface area contributed by atoms with Gasteiger partial charge in [-0.25, -0.2) is 0 Å². The maximum Gasteiger partial charge on any atom is 0.271 e. The molecule has 4 heteroatoms. The van der Waals surface area contributed by atoms with E-state index in [0.29, 0.717) is 5.70 Å². The van der Waals surface area contributed by atoms with Crippen LogP contribution in [0.5, 0.6) is 0 Å². The van der Waals surface area contributed by atoms with Crippen LogP contribution in [-0.4, -0.2) is 37.0 Å². The van der Waals surface area contributed by atoms with Gasteiger partial charge in [0.05, 0.1) is 5.70 Å². The summed E-state index contributed by atoms with van der Waals surface area (Å²) in [5, 5.41) is 6.16. The maximum absolute atomic E-state index is 12.1. The van der Waals surface area contributed by atoms with Gasteiger partial charge in [-0.15, -0.1) is 0 Å². The molecule has 1 saturated heterocycles. The number of rotatable bonds is 3. The van der Waals surface area contributed by atoms with Crippen LogP contribution in [0.2, 0.25) is 0 Å². The van der Waals surface area contributed by atoms with E-state index in [2.05, 4.69) is 24.1 Å². The summed E-state index contributed by atoms with van der Waals surface area (Å²) in [5.74, 6) is -0.120. The van der Waals surface area contributed by atoms with Crippen LogP contribution in [0.15, 0.2) is 30.5 Å². The molecule has 19 heavy (non-hydrogen) atoms. The van der Waals surface area contributed by atoms with Crippen molar-refractivity contribution in [3.05, 3.63) is 41.6 Å². The molecular weight excluding hydrogens is 238 g/mol. The van der Waals surface area contributed by atoms with E-state index in [1.54, 1.807) is 0 Å². The minimum atomic E-state index is -0.120. The monoisotopic (exact) mass is 259 g/mol. The van der Waals surface area contributed by atoms with Crippen LogP contribution >= 0.6 is 0 Å². The highest BCUT2D eigenvalue weighted by molar-refractivity contribution is 6.02. The molecule has 0 aliphatic carbocycles. The van der Waals surface area contributed by atoms with Crippen molar-refractivity contribution in [2.24, 2.45) is 0 Å². The van der Waals surface area contributed by atoms with Crippen LogP contribution in [0.25, 0.3) is 0 Å². The standard InChI is InChI=1S/C15H21N3O/c1-11-4-5-14(10-12(11)2)17-15(19)13(3)18-8-6-16-7-9-18/h4-5,10,16H,3,6-9H2,1-2H3,(H,17,19). The van der Waals surface area contributed by atoms with Gasteiger partial charge in [-0.1, -0.05) is 12.6 Å². The Kier molecular flexibility index (Phi) is 4.22. The molecule has 1 aromatic rings. The second-order valence-corrected chi connectivity index (χ2v) is 4.94. The third-order valence-corrected chi connectivity index (χ3v) is 3.53. The largest absolute Gasteiger partial charge is 0.365 e. The number of nitrogens with zero attached hydrogens (tertiary/aromatic N) is 1. The molecular formula is C15H21N3O. The van der Waals surface area contributed by atoms with E-state index in [1.165, 1.54) is 11.1 Å². The maximum atomic E-state index is 12.1. The van der Waals surface area contributed by atoms with Gasteiger partial charge in [0.25, 0.3) is 5.91 Å². The normalized spacial score (nSPS) is 15.2. The molecule has 2 N–H and O–H groups in total. The van der Waals surface area contributed by atoms with Gasteiger partial charge in [0, 0.05) is 31.9 Å². The first kappa shape index (κ1) is 13.6. The Labute approximate surface area is 114 Å². The first-order valence-electron chi connectivity index (χ1n) is 6.61. The van der Waals surface area contributed by atoms with Crippen LogP contribution in [0, 0.1) is 13.8 Å². The van der Waals surface area contributed by atoms with Crippen molar-refractivity contribution in [2.75, 3.05) is 31.5 Å². The summed E-state index contributed by atoms with van der Waals surface area (Å²) in [6.45, 7) is 11.5. The van der Waals surface area contributed by atoms with E-state index in [1.807, 2.05) is 30.0 Å². The summed E-state index contributed by atoms with van der Waals surface area (Å²) >= 11 is 0. The summed E-state index contributed by atoms with van der Waals surface area (Å²) in [6, 6.07) is 5.92. The van der Waals surface area contributed by atoms with Crippen LogP contribution < -0.4 is 10.6 Å². The molecule has 1 fully saturated rings. The minimum absolute atomic E-state index is 0.120. The first-order valence-corrected chi connectivity index (χ1v) is 6.61. The van der Waals surface area contributed by atoms with Gasteiger partial charge in [-0.2, -0.15) is 0 Å². The molecule has 1 heterocycles. The Morgan fingerprint density at radius 1 is 1.26 bits per heavy atom. The number of carbonyl (C=O) groups excluding carboxylic acids is 1. The summed E-state index contributed by atoms with van der Waals surface area (Å²) in [5.41, 5.74) is 3.76. The molecule has 0 atom stereocenters. The number of carbonyl (C=O) groups is 1. The number of benzene rings is 1. The van der Waals surface area contributed by atoms with E-state index >= 15 is 0 Å². The third kappa shape index (κ3) is 3.35. The van der Waals surface area contributed by atoms with E-state index in [0.717, 1.165) is 31.9 Å². The number of aryl methyl sites for hydroxylation is 2. The average molecular weight is 259 g/mol. The summed E-state index contributed by atoms with van der Waals surface area (Å²) in [4.78, 5) is 14.2. The van der Waals surface area contributed by atoms with Crippen LogP contribution in [-0.2, 0) is 4.79 Å². The molecule has 1 amide bonds. The summed E-state index contributed by atoms with van der Waals surface area (Å²) < 4.78 is 0. The average Bonchev–Trinajstić information content (AvgIpc) is 2.43. The Balaban J connectivity index is 1.99. The molecule has 0 spiro atoms. The molecule has 1 aliphatic heterocycles. The minimum Gasteiger partial charge on any atom is -0.365 e. The molecule has 0 bridgehead atoms. The number of piperazine rings is 1. The first-order chi connectivity index (χ1) is 9.08. The van der Waals surface area contributed by atoms with Crippen molar-refractivity contribution in [2.45, 2.75) is 13.8 Å². The second-order valence-electron chi connectivity index (χ2n) is 4.94. The highest BCUT2D eigenvalue weighted by Crippen LogP contribution is 2.15. The Hall–Kier alpha value is -1.81. The molecule has 0 aromatic heterocycles. The van der Waals surface area contributed by atoms with Gasteiger partial charge >= 0.3 is 0 Å². The van der Waals surface area contributed by atoms with Gasteiger partial charge in [0.1, 0.15) is 0 Å². The lowest BCUT2D eigenvalue weighted by Crippen LogP contribution is -2.44. The van der Waals surface area contributed by atoms with E-state index < -0.39 is 0 Å². The lowest BCUT2D eigenvalue weighted by Gasteiger charge is -2.30. The van der Waals surface area contributed by atoms with Gasteiger partial charge in [0.15, 0.2) is 0 Å². The van der Waals surface area contributed by atoms with E-state index in [9.17, 15) is 4.79 Å². The number of hydrogen-bond donors (Lipinski definition) is 2. The third-order valence-electron chi connectivity index (χ3n) is 3.53. The van der Waals surface area contributed by atoms with Gasteiger partial charge < -0.3 is 15.5 Å². The van der Waals surface area contributed by atoms with Crippen molar-refractivity contribution in [3.63, 3.8) is 0 Å². The van der Waals surface area contributed by atoms with E-state index in [4.69, 9.17) is 0 Å². The zero-order valence-corrected chi connectivity index (χ0v) is 11.6. The van der Waals surface area contributed by atoms with Crippen molar-refractivity contribution in [3.8, 4) is 0 Å². The van der Waals surface area contributed by atoms with Crippen LogP contribution in [0.1, 0.15) is 11.1 Å². The number of nitrogens with one attached hydrogen (secondary N) is 2. The van der Waals surface area contributed by atoms with Crippen LogP contribution in [0.4, 0.5) is 5.69 Å². The topological polar surface area (TPSA) is 44.4 Å². The second kappa shape index (κ2) is 5.89. The predicted molar refractivity (Wildman–Crippen MR) is 78.1 cm³/mol. The molecule has 4 nitrogen and oxygen atoms in total. The Morgan fingerprint density at radius 2 is 1.95 bits per heavy atom. The fourth-order valence-corrected chi connectivity index (χ4v) is 2.10. The molecule has 1 aromatic carbocycles. The lowest BCUT2D eigenvalue weighted by atomic mass is 10.1. The fraction of sp³-hybridized carbons (Fsp3) is 0.400. The van der Waals surface area contributed by atoms with Crippen LogP contribution in [0.3, 0.4) is 0 Å². The highest BCUT2D eigenvalue weighted by Gasteiger charge is 2.17. The van der Waals surface area contributed by atoms with Gasteiger partial charge in [-0.05, 0) is 37.1 Å². The van der Waals surface area contributed by atoms with Gasteiger partial charge in [-0.3, -0.25) is 4.79 Å². The molecule has 2 rings (SSSR count). The Bertz CT molecular complexity index is 490. The number of amides is 1. The zero-order chi connectivity index (χ0) is 13.8. The molecule has 1 aliphatic rings. The predicted octanol–water partition coefficient (Wildman–Crippen LogP) is 1.66. The molecule has 0 saturated carbocycles. The summed E-state index contributed by atoms with van der Waals surface area (Å²) in [6.07, 6.45) is 0. The zero-order valence-electron chi connectivity index (χ0n) is 11.6. The number of anilines is 1. The SMILES string of the molecule is C=C(C(=O)Nc1ccc(C)c(C)c1)N1CCNCC1. The van der Waals surface area contributed by atoms with Crippen molar-refractivity contribution in [1.82, 2.24) is 10.2 Å². The van der Waals surface area contributed by atoms with Crippen molar-refractivity contribution < 1.29 is 4.79 Å². The Morgan fingerprint density at radius 3 is 2.58 bits per heavy atom. The van der Waals surface area contributed by atoms with Crippen molar-refractivity contribution in [1.29, 1.82) is 0 Å². The van der Waals surface area contributed by atoms with Gasteiger partial charge in [0.2, 0.25) is 0 Å². The molecule has 102 valence electrons. The fourth-order valence-electron chi connectivity index (χ4n) is 2.10.